The number of hydrogen-bond acceptors (Lipinski definition) is 3. The molecule has 0 bridgehead atoms. The van der Waals surface area contributed by atoms with Crippen LogP contribution < -0.4 is 10.2 Å². The Kier molecular flexibility index (Phi) is 5.53. The van der Waals surface area contributed by atoms with Crippen LogP contribution in [0.15, 0.2) is 18.2 Å². The third-order valence-electron chi connectivity index (χ3n) is 3.79. The molecule has 0 aromatic heterocycles. The molecule has 1 saturated heterocycles. The first-order valence-corrected chi connectivity index (χ1v) is 8.09. The van der Waals surface area contributed by atoms with E-state index in [0.29, 0.717) is 6.10 Å². The molecule has 4 heteroatoms. The van der Waals surface area contributed by atoms with Gasteiger partial charge in [0.1, 0.15) is 0 Å². The van der Waals surface area contributed by atoms with Crippen molar-refractivity contribution < 1.29 is 4.74 Å². The normalized spacial score (nSPS) is 19.0. The van der Waals surface area contributed by atoms with E-state index in [4.69, 9.17) is 16.3 Å². The van der Waals surface area contributed by atoms with Crippen LogP contribution in [0.5, 0.6) is 0 Å². The molecule has 1 aliphatic heterocycles. The van der Waals surface area contributed by atoms with E-state index in [0.717, 1.165) is 42.4 Å². The summed E-state index contributed by atoms with van der Waals surface area (Å²) in [4.78, 5) is 2.23. The predicted octanol–water partition coefficient (Wildman–Crippen LogP) is 3.84. The zero-order valence-corrected chi connectivity index (χ0v) is 14.3. The van der Waals surface area contributed by atoms with E-state index >= 15 is 0 Å². The molecule has 1 heterocycles. The molecule has 0 amide bonds. The van der Waals surface area contributed by atoms with Crippen LogP contribution in [-0.2, 0) is 11.3 Å². The summed E-state index contributed by atoms with van der Waals surface area (Å²) in [5, 5.41) is 4.29. The van der Waals surface area contributed by atoms with Gasteiger partial charge in [-0.1, -0.05) is 17.7 Å². The summed E-state index contributed by atoms with van der Waals surface area (Å²) >= 11 is 6.42. The third-order valence-corrected chi connectivity index (χ3v) is 4.14. The van der Waals surface area contributed by atoms with Gasteiger partial charge in [-0.3, -0.25) is 0 Å². The molecule has 2 rings (SSSR count). The van der Waals surface area contributed by atoms with Gasteiger partial charge >= 0.3 is 0 Å². The van der Waals surface area contributed by atoms with Gasteiger partial charge in [0.2, 0.25) is 0 Å². The Hall–Kier alpha value is -0.770. The molecular formula is C17H27ClN2O. The maximum absolute atomic E-state index is 6.42. The van der Waals surface area contributed by atoms with Crippen LogP contribution in [0.1, 0.15) is 39.2 Å². The molecule has 0 saturated carbocycles. The lowest BCUT2D eigenvalue weighted by Crippen LogP contribution is -2.35. The highest BCUT2D eigenvalue weighted by Gasteiger charge is 2.18. The Balaban J connectivity index is 1.97. The third kappa shape index (κ3) is 5.17. The molecule has 1 fully saturated rings. The number of likely N-dealkylation sites (N-methyl/N-ethyl adjacent to an activating group) is 1. The van der Waals surface area contributed by atoms with Crippen molar-refractivity contribution in [3.05, 3.63) is 28.8 Å². The number of nitrogens with zero attached hydrogens (tertiary/aromatic N) is 1. The fraction of sp³-hybridized carbons (Fsp3) is 0.647. The van der Waals surface area contributed by atoms with Gasteiger partial charge in [-0.05, 0) is 51.3 Å². The van der Waals surface area contributed by atoms with Crippen molar-refractivity contribution in [2.75, 3.05) is 25.1 Å². The molecule has 21 heavy (non-hydrogen) atoms. The van der Waals surface area contributed by atoms with Crippen LogP contribution in [0.4, 0.5) is 5.69 Å². The van der Waals surface area contributed by atoms with Crippen LogP contribution in [-0.4, -0.2) is 31.8 Å². The topological polar surface area (TPSA) is 24.5 Å². The Labute approximate surface area is 133 Å². The fourth-order valence-corrected chi connectivity index (χ4v) is 2.72. The second kappa shape index (κ2) is 6.99. The van der Waals surface area contributed by atoms with E-state index in [9.17, 15) is 0 Å². The van der Waals surface area contributed by atoms with Crippen molar-refractivity contribution >= 4 is 17.3 Å². The minimum atomic E-state index is 0.0958. The molecule has 1 aromatic rings. The molecular weight excluding hydrogens is 284 g/mol. The first-order valence-electron chi connectivity index (χ1n) is 7.71. The molecule has 3 nitrogen and oxygen atoms in total. The van der Waals surface area contributed by atoms with Gasteiger partial charge < -0.3 is 15.0 Å². The van der Waals surface area contributed by atoms with Crippen molar-refractivity contribution in [3.8, 4) is 0 Å². The second-order valence-electron chi connectivity index (χ2n) is 6.89. The summed E-state index contributed by atoms with van der Waals surface area (Å²) in [5.74, 6) is 0. The first kappa shape index (κ1) is 16.6. The van der Waals surface area contributed by atoms with Crippen molar-refractivity contribution in [2.24, 2.45) is 0 Å². The first-order chi connectivity index (χ1) is 9.85. The number of rotatable bonds is 5. The van der Waals surface area contributed by atoms with E-state index in [2.05, 4.69) is 56.2 Å². The number of anilines is 1. The number of hydrogen-bond donors (Lipinski definition) is 1. The van der Waals surface area contributed by atoms with Gasteiger partial charge in [0, 0.05) is 43.0 Å². The fourth-order valence-electron chi connectivity index (χ4n) is 2.48. The number of nitrogens with one attached hydrogen (secondary N) is 1. The summed E-state index contributed by atoms with van der Waals surface area (Å²) < 4.78 is 5.69. The van der Waals surface area contributed by atoms with Crippen molar-refractivity contribution in [1.29, 1.82) is 0 Å². The Morgan fingerprint density at radius 2 is 2.14 bits per heavy atom. The van der Waals surface area contributed by atoms with Gasteiger partial charge in [-0.15, -0.1) is 0 Å². The van der Waals surface area contributed by atoms with Crippen LogP contribution in [0, 0.1) is 0 Å². The average Bonchev–Trinajstić information content (AvgIpc) is 2.89. The molecule has 0 spiro atoms. The number of ether oxygens (including phenoxy) is 1. The van der Waals surface area contributed by atoms with Crippen LogP contribution in [0.3, 0.4) is 0 Å². The van der Waals surface area contributed by atoms with E-state index in [1.807, 2.05) is 0 Å². The summed E-state index contributed by atoms with van der Waals surface area (Å²) in [6.07, 6.45) is 2.69. The van der Waals surface area contributed by atoms with Gasteiger partial charge in [-0.25, -0.2) is 0 Å². The van der Waals surface area contributed by atoms with E-state index in [-0.39, 0.29) is 5.54 Å². The molecule has 1 aliphatic rings. The number of benzene rings is 1. The average molecular weight is 311 g/mol. The lowest BCUT2D eigenvalue weighted by atomic mass is 10.1. The standard InChI is InChI=1S/C17H27ClN2O/c1-17(2,3)19-11-13-7-8-14(10-16(13)18)20(4)12-15-6-5-9-21-15/h7-8,10,15,19H,5-6,9,11-12H2,1-4H3. The Bertz CT molecular complexity index is 464. The molecule has 1 atom stereocenters. The summed E-state index contributed by atoms with van der Waals surface area (Å²) in [7, 11) is 2.10. The summed E-state index contributed by atoms with van der Waals surface area (Å²) in [6, 6.07) is 6.30. The van der Waals surface area contributed by atoms with Gasteiger partial charge in [-0.2, -0.15) is 0 Å². The summed E-state index contributed by atoms with van der Waals surface area (Å²) in [6.45, 7) is 9.09. The molecule has 118 valence electrons. The van der Waals surface area contributed by atoms with Crippen LogP contribution in [0.25, 0.3) is 0 Å². The lowest BCUT2D eigenvalue weighted by Gasteiger charge is -2.24. The van der Waals surface area contributed by atoms with Crippen molar-refractivity contribution in [3.63, 3.8) is 0 Å². The van der Waals surface area contributed by atoms with Gasteiger partial charge in [0.05, 0.1) is 6.10 Å². The maximum atomic E-state index is 6.42. The smallest absolute Gasteiger partial charge is 0.0750 e. The quantitative estimate of drug-likeness (QED) is 0.894. The van der Waals surface area contributed by atoms with E-state index < -0.39 is 0 Å². The molecule has 1 N–H and O–H groups in total. The van der Waals surface area contributed by atoms with E-state index in [1.165, 1.54) is 6.42 Å². The highest BCUT2D eigenvalue weighted by atomic mass is 35.5. The minimum absolute atomic E-state index is 0.0958. The Morgan fingerprint density at radius 3 is 2.71 bits per heavy atom. The lowest BCUT2D eigenvalue weighted by molar-refractivity contribution is 0.116. The second-order valence-corrected chi connectivity index (χ2v) is 7.30. The van der Waals surface area contributed by atoms with Gasteiger partial charge in [0.15, 0.2) is 0 Å². The molecule has 1 aromatic carbocycles. The zero-order valence-electron chi connectivity index (χ0n) is 13.6. The summed E-state index contributed by atoms with van der Waals surface area (Å²) in [5.41, 5.74) is 2.38. The van der Waals surface area contributed by atoms with Gasteiger partial charge in [0.25, 0.3) is 0 Å². The van der Waals surface area contributed by atoms with Crippen molar-refractivity contribution in [1.82, 2.24) is 5.32 Å². The monoisotopic (exact) mass is 310 g/mol. The van der Waals surface area contributed by atoms with Crippen LogP contribution >= 0.6 is 11.6 Å². The Morgan fingerprint density at radius 1 is 1.38 bits per heavy atom. The molecule has 0 aliphatic carbocycles. The molecule has 1 unspecified atom stereocenters. The predicted molar refractivity (Wildman–Crippen MR) is 90.3 cm³/mol. The maximum Gasteiger partial charge on any atom is 0.0750 e. The molecule has 0 radical (unpaired) electrons. The van der Waals surface area contributed by atoms with E-state index in [1.54, 1.807) is 0 Å². The van der Waals surface area contributed by atoms with Crippen LogP contribution in [0.2, 0.25) is 5.02 Å². The highest BCUT2D eigenvalue weighted by molar-refractivity contribution is 6.31. The number of halogens is 1. The highest BCUT2D eigenvalue weighted by Crippen LogP contribution is 2.25. The largest absolute Gasteiger partial charge is 0.376 e. The minimum Gasteiger partial charge on any atom is -0.376 e. The SMILES string of the molecule is CN(CC1CCCO1)c1ccc(CNC(C)(C)C)c(Cl)c1. The van der Waals surface area contributed by atoms with Crippen molar-refractivity contribution in [2.45, 2.75) is 51.8 Å². The zero-order chi connectivity index (χ0) is 15.5.